The third-order valence-corrected chi connectivity index (χ3v) is 10.3. The molecule has 0 radical (unpaired) electrons. The molecule has 2 saturated heterocycles. The minimum atomic E-state index is -1.94. The highest BCUT2D eigenvalue weighted by Crippen LogP contribution is 2.51. The minimum absolute atomic E-state index is 0.0555. The molecule has 0 aromatic carbocycles. The highest BCUT2D eigenvalue weighted by Gasteiger charge is 2.68. The van der Waals surface area contributed by atoms with Gasteiger partial charge < -0.3 is 28.5 Å². The van der Waals surface area contributed by atoms with E-state index in [4.69, 9.17) is 23.4 Å². The lowest BCUT2D eigenvalue weighted by atomic mass is 9.95. The van der Waals surface area contributed by atoms with E-state index in [1.54, 1.807) is 7.11 Å². The number of ether oxygens (including phenoxy) is 4. The van der Waals surface area contributed by atoms with Gasteiger partial charge in [0.25, 0.3) is 0 Å². The maximum absolute atomic E-state index is 9.53. The fraction of sp³-hybridized carbons (Fsp3) is 1.00. The fourth-order valence-corrected chi connectivity index (χ4v) is 4.38. The smallest absolute Gasteiger partial charge is 0.200 e. The van der Waals surface area contributed by atoms with E-state index in [1.165, 1.54) is 0 Å². The second-order valence-corrected chi connectivity index (χ2v) is 14.2. The van der Waals surface area contributed by atoms with Crippen molar-refractivity contribution in [1.82, 2.24) is 0 Å². The highest BCUT2D eigenvalue weighted by atomic mass is 28.4. The summed E-state index contributed by atoms with van der Waals surface area (Å²) in [5, 5.41) is 9.64. The number of hydrogen-bond acceptors (Lipinski definition) is 6. The van der Waals surface area contributed by atoms with Gasteiger partial charge >= 0.3 is 0 Å². The summed E-state index contributed by atoms with van der Waals surface area (Å²) in [6, 6.07) is 0. The van der Waals surface area contributed by atoms with Crippen molar-refractivity contribution in [1.29, 1.82) is 0 Å². The molecule has 0 spiro atoms. The Bertz CT molecular complexity index is 488. The van der Waals surface area contributed by atoms with Crippen LogP contribution >= 0.6 is 0 Å². The Morgan fingerprint density at radius 3 is 2.12 bits per heavy atom. The molecule has 7 heteroatoms. The number of fused-ring (bicyclic) bond motifs is 1. The summed E-state index contributed by atoms with van der Waals surface area (Å²) in [6.07, 6.45) is -0.411. The van der Waals surface area contributed by atoms with Gasteiger partial charge in [0.1, 0.15) is 17.8 Å². The predicted molar refractivity (Wildman–Crippen MR) is 97.9 cm³/mol. The predicted octanol–water partition coefficient (Wildman–Crippen LogP) is 3.04. The Hall–Kier alpha value is -0.0231. The molecule has 4 atom stereocenters. The molecule has 0 aromatic heterocycles. The van der Waals surface area contributed by atoms with Crippen molar-refractivity contribution in [3.05, 3.63) is 0 Å². The summed E-state index contributed by atoms with van der Waals surface area (Å²) >= 11 is 0. The molecule has 2 fully saturated rings. The van der Waals surface area contributed by atoms with Crippen molar-refractivity contribution in [2.24, 2.45) is 0 Å². The highest BCUT2D eigenvalue weighted by molar-refractivity contribution is 6.74. The van der Waals surface area contributed by atoms with Crippen LogP contribution in [-0.2, 0) is 23.4 Å². The first-order valence-corrected chi connectivity index (χ1v) is 12.0. The first-order chi connectivity index (χ1) is 11.2. The second kappa shape index (κ2) is 6.55. The molecule has 1 N–H and O–H groups in total. The molecular formula is C18H36O6Si. The van der Waals surface area contributed by atoms with Gasteiger partial charge in [0.05, 0.1) is 6.61 Å². The monoisotopic (exact) mass is 376 g/mol. The average Bonchev–Trinajstić information content (AvgIpc) is 2.90. The summed E-state index contributed by atoms with van der Waals surface area (Å²) in [5.74, 6) is -1.75. The van der Waals surface area contributed by atoms with E-state index in [0.717, 1.165) is 0 Å². The van der Waals surface area contributed by atoms with Crippen LogP contribution in [0.5, 0.6) is 0 Å². The zero-order chi connectivity index (χ0) is 19.3. The molecule has 0 aliphatic carbocycles. The van der Waals surface area contributed by atoms with Crippen molar-refractivity contribution in [3.8, 4) is 0 Å². The third kappa shape index (κ3) is 3.83. The normalized spacial score (nSPS) is 38.2. The minimum Gasteiger partial charge on any atom is -0.414 e. The van der Waals surface area contributed by atoms with Gasteiger partial charge in [-0.15, -0.1) is 0 Å². The van der Waals surface area contributed by atoms with Crippen molar-refractivity contribution >= 4 is 8.32 Å². The third-order valence-electron chi connectivity index (χ3n) is 5.87. The zero-order valence-electron chi connectivity index (χ0n) is 17.3. The largest absolute Gasteiger partial charge is 0.414 e. The Labute approximate surface area is 153 Å². The summed E-state index contributed by atoms with van der Waals surface area (Å²) < 4.78 is 30.8. The zero-order valence-corrected chi connectivity index (χ0v) is 18.3. The van der Waals surface area contributed by atoms with Gasteiger partial charge in [0, 0.05) is 20.1 Å². The maximum atomic E-state index is 9.53. The van der Waals surface area contributed by atoms with E-state index in [-0.39, 0.29) is 17.7 Å². The van der Waals surface area contributed by atoms with Crippen LogP contribution in [0.25, 0.3) is 0 Å². The van der Waals surface area contributed by atoms with Crippen LogP contribution in [0, 0.1) is 0 Å². The molecule has 2 aliphatic rings. The second-order valence-electron chi connectivity index (χ2n) is 9.43. The Kier molecular flexibility index (Phi) is 5.57. The van der Waals surface area contributed by atoms with Gasteiger partial charge in [0.2, 0.25) is 0 Å². The van der Waals surface area contributed by atoms with Gasteiger partial charge in [0.15, 0.2) is 19.9 Å². The first-order valence-electron chi connectivity index (χ1n) is 9.08. The summed E-state index contributed by atoms with van der Waals surface area (Å²) in [6.45, 7) is 17.2. The van der Waals surface area contributed by atoms with E-state index in [0.29, 0.717) is 13.0 Å². The molecule has 148 valence electrons. The Balaban J connectivity index is 2.27. The van der Waals surface area contributed by atoms with Crippen molar-refractivity contribution in [2.45, 2.75) is 95.5 Å². The van der Waals surface area contributed by atoms with Crippen LogP contribution in [0.3, 0.4) is 0 Å². The van der Waals surface area contributed by atoms with Crippen LogP contribution < -0.4 is 0 Å². The van der Waals surface area contributed by atoms with E-state index in [9.17, 15) is 5.11 Å². The average molecular weight is 377 g/mol. The molecule has 0 aromatic rings. The van der Waals surface area contributed by atoms with E-state index >= 15 is 0 Å². The summed E-state index contributed by atoms with van der Waals surface area (Å²) in [7, 11) is -0.356. The van der Waals surface area contributed by atoms with Crippen molar-refractivity contribution in [3.63, 3.8) is 0 Å². The number of methoxy groups -OCH3 is 1. The molecule has 2 heterocycles. The standard InChI is InChI=1S/C18H36O6Si/c1-15(2,3)25(8,9)21-12-17(6)13-14(23-16(4,5)22-13)18(20-7,24-17)10-11-19/h13-14,19H,10-12H2,1-9H3/t13-,14+,17+,18-/m1/s1. The maximum Gasteiger partial charge on any atom is 0.200 e. The van der Waals surface area contributed by atoms with E-state index < -0.39 is 31.6 Å². The lowest BCUT2D eigenvalue weighted by Gasteiger charge is -2.41. The molecule has 6 nitrogen and oxygen atoms in total. The molecule has 0 unspecified atom stereocenters. The van der Waals surface area contributed by atoms with Gasteiger partial charge in [-0.05, 0) is 38.9 Å². The summed E-state index contributed by atoms with van der Waals surface area (Å²) in [5.41, 5.74) is -0.709. The Morgan fingerprint density at radius 2 is 1.64 bits per heavy atom. The number of aliphatic hydroxyl groups excluding tert-OH is 1. The number of hydrogen-bond donors (Lipinski definition) is 1. The molecule has 25 heavy (non-hydrogen) atoms. The topological polar surface area (TPSA) is 66.4 Å². The SMILES string of the molecule is CO[C@]1(CCO)O[C@@](C)(CO[Si](C)(C)C(C)(C)C)[C@@H]2OC(C)(C)O[C@@H]21. The van der Waals surface area contributed by atoms with Crippen LogP contribution in [0.15, 0.2) is 0 Å². The van der Waals surface area contributed by atoms with Gasteiger partial charge in [-0.2, -0.15) is 0 Å². The van der Waals surface area contributed by atoms with Gasteiger partial charge in [-0.25, -0.2) is 0 Å². The van der Waals surface area contributed by atoms with Crippen LogP contribution in [0.4, 0.5) is 0 Å². The fourth-order valence-electron chi connectivity index (χ4n) is 3.30. The molecule has 0 bridgehead atoms. The molecule has 2 rings (SSSR count). The first kappa shape index (κ1) is 21.3. The lowest BCUT2D eigenvalue weighted by Crippen LogP contribution is -2.50. The molecule has 0 amide bonds. The summed E-state index contributed by atoms with van der Waals surface area (Å²) in [4.78, 5) is 0. The Morgan fingerprint density at radius 1 is 1.08 bits per heavy atom. The van der Waals surface area contributed by atoms with Crippen molar-refractivity contribution < 1.29 is 28.5 Å². The van der Waals surface area contributed by atoms with Gasteiger partial charge in [-0.1, -0.05) is 20.8 Å². The molecule has 2 aliphatic heterocycles. The van der Waals surface area contributed by atoms with E-state index in [1.807, 2.05) is 20.8 Å². The van der Waals surface area contributed by atoms with Crippen LogP contribution in [0.1, 0.15) is 48.0 Å². The van der Waals surface area contributed by atoms with Crippen LogP contribution in [0.2, 0.25) is 18.1 Å². The molecule has 0 saturated carbocycles. The lowest BCUT2D eigenvalue weighted by molar-refractivity contribution is -0.309. The van der Waals surface area contributed by atoms with Gasteiger partial charge in [-0.3, -0.25) is 0 Å². The number of rotatable bonds is 6. The molecular weight excluding hydrogens is 340 g/mol. The number of aliphatic hydroxyl groups is 1. The van der Waals surface area contributed by atoms with Crippen molar-refractivity contribution in [2.75, 3.05) is 20.3 Å². The van der Waals surface area contributed by atoms with E-state index in [2.05, 4.69) is 33.9 Å². The quantitative estimate of drug-likeness (QED) is 0.719. The van der Waals surface area contributed by atoms with Crippen LogP contribution in [-0.4, -0.2) is 63.1 Å².